The molecule has 96 valence electrons. The van der Waals surface area contributed by atoms with Crippen molar-refractivity contribution in [3.05, 3.63) is 65.1 Å². The van der Waals surface area contributed by atoms with Crippen molar-refractivity contribution in [2.75, 3.05) is 0 Å². The van der Waals surface area contributed by atoms with E-state index in [0.29, 0.717) is 5.75 Å². The molecule has 0 saturated heterocycles. The van der Waals surface area contributed by atoms with E-state index in [1.165, 1.54) is 21.5 Å². The third-order valence-electron chi connectivity index (χ3n) is 3.77. The highest BCUT2D eigenvalue weighted by molar-refractivity contribution is 9.10. The maximum atomic E-state index is 9.82. The predicted octanol–water partition coefficient (Wildman–Crippen LogP) is 5.61. The van der Waals surface area contributed by atoms with Gasteiger partial charge in [0.2, 0.25) is 0 Å². The van der Waals surface area contributed by atoms with Crippen LogP contribution in [0.3, 0.4) is 0 Å². The Morgan fingerprint density at radius 1 is 0.700 bits per heavy atom. The summed E-state index contributed by atoms with van der Waals surface area (Å²) >= 11 is 3.66. The monoisotopic (exact) mass is 322 g/mol. The summed E-state index contributed by atoms with van der Waals surface area (Å²) in [5, 5.41) is 16.8. The summed E-state index contributed by atoms with van der Waals surface area (Å²) < 4.78 is 1.08. The zero-order chi connectivity index (χ0) is 13.7. The van der Waals surface area contributed by atoms with E-state index >= 15 is 0 Å². The maximum absolute atomic E-state index is 9.82. The topological polar surface area (TPSA) is 20.2 Å². The summed E-state index contributed by atoms with van der Waals surface area (Å²) in [6, 6.07) is 20.2. The van der Waals surface area contributed by atoms with Crippen molar-refractivity contribution in [3.63, 3.8) is 0 Å². The number of phenols is 1. The Kier molecular flexibility index (Phi) is 2.48. The van der Waals surface area contributed by atoms with E-state index in [9.17, 15) is 5.11 Å². The lowest BCUT2D eigenvalue weighted by molar-refractivity contribution is 0.476. The molecule has 0 spiro atoms. The first kappa shape index (κ1) is 11.7. The van der Waals surface area contributed by atoms with Gasteiger partial charge in [0.15, 0.2) is 0 Å². The van der Waals surface area contributed by atoms with E-state index < -0.39 is 0 Å². The average Bonchev–Trinajstić information content (AvgIpc) is 2.47. The molecule has 1 nitrogen and oxygen atoms in total. The third-order valence-corrected chi connectivity index (χ3v) is 4.43. The lowest BCUT2D eigenvalue weighted by atomic mass is 9.96. The molecule has 4 rings (SSSR count). The smallest absolute Gasteiger partial charge is 0.116 e. The minimum Gasteiger partial charge on any atom is -0.508 e. The maximum Gasteiger partial charge on any atom is 0.116 e. The Morgan fingerprint density at radius 2 is 1.50 bits per heavy atom. The second-order valence-electron chi connectivity index (χ2n) is 4.97. The van der Waals surface area contributed by atoms with Crippen molar-refractivity contribution in [2.45, 2.75) is 0 Å². The van der Waals surface area contributed by atoms with Gasteiger partial charge in [0.25, 0.3) is 0 Å². The van der Waals surface area contributed by atoms with E-state index in [0.717, 1.165) is 15.2 Å². The Morgan fingerprint density at radius 3 is 2.40 bits per heavy atom. The molecule has 0 amide bonds. The summed E-state index contributed by atoms with van der Waals surface area (Å²) in [5.41, 5.74) is 0. The minimum absolute atomic E-state index is 0.300. The van der Waals surface area contributed by atoms with E-state index in [4.69, 9.17) is 0 Å². The molecule has 0 fully saturated rings. The van der Waals surface area contributed by atoms with Gasteiger partial charge in [-0.2, -0.15) is 0 Å². The van der Waals surface area contributed by atoms with Gasteiger partial charge in [-0.3, -0.25) is 0 Å². The summed E-state index contributed by atoms with van der Waals surface area (Å²) in [4.78, 5) is 0. The van der Waals surface area contributed by atoms with Crippen molar-refractivity contribution in [1.29, 1.82) is 0 Å². The van der Waals surface area contributed by atoms with E-state index in [1.807, 2.05) is 18.2 Å². The van der Waals surface area contributed by atoms with Gasteiger partial charge in [0, 0.05) is 4.47 Å². The molecule has 0 saturated carbocycles. The van der Waals surface area contributed by atoms with Crippen molar-refractivity contribution < 1.29 is 5.11 Å². The molecule has 0 aliphatic heterocycles. The summed E-state index contributed by atoms with van der Waals surface area (Å²) in [7, 11) is 0. The molecular weight excluding hydrogens is 312 g/mol. The third kappa shape index (κ3) is 1.61. The number of benzene rings is 4. The standard InChI is InChI=1S/C18H11BrO/c19-17-9-12-5-7-13(20)10-16(12)18-14-4-2-1-3-11(14)6-8-15(17)18/h1-10,20H. The first-order valence-corrected chi connectivity index (χ1v) is 7.26. The molecule has 0 heterocycles. The molecule has 0 atom stereocenters. The molecule has 0 aliphatic carbocycles. The summed E-state index contributed by atoms with van der Waals surface area (Å²) in [5.74, 6) is 0.300. The molecule has 0 aliphatic rings. The van der Waals surface area contributed by atoms with Crippen molar-refractivity contribution in [2.24, 2.45) is 0 Å². The molecule has 1 N–H and O–H groups in total. The Hall–Kier alpha value is -2.06. The summed E-state index contributed by atoms with van der Waals surface area (Å²) in [6.07, 6.45) is 0. The molecular formula is C18H11BrO. The second kappa shape index (κ2) is 4.22. The van der Waals surface area contributed by atoms with Crippen LogP contribution in [0, 0.1) is 0 Å². The van der Waals surface area contributed by atoms with Crippen LogP contribution in [0.25, 0.3) is 32.3 Å². The van der Waals surface area contributed by atoms with E-state index in [2.05, 4.69) is 52.3 Å². The zero-order valence-electron chi connectivity index (χ0n) is 10.6. The van der Waals surface area contributed by atoms with Crippen LogP contribution in [0.1, 0.15) is 0 Å². The Bertz CT molecular complexity index is 973. The number of halogens is 1. The highest BCUT2D eigenvalue weighted by Gasteiger charge is 2.09. The first-order chi connectivity index (χ1) is 9.74. The molecule has 0 unspecified atom stereocenters. The number of phenolic OH excluding ortho intramolecular Hbond substituents is 1. The molecule has 4 aromatic carbocycles. The predicted molar refractivity (Wildman–Crippen MR) is 88.3 cm³/mol. The number of rotatable bonds is 0. The zero-order valence-corrected chi connectivity index (χ0v) is 12.2. The normalized spacial score (nSPS) is 11.4. The van der Waals surface area contributed by atoms with E-state index in [-0.39, 0.29) is 0 Å². The van der Waals surface area contributed by atoms with Crippen LogP contribution in [0.15, 0.2) is 65.1 Å². The highest BCUT2D eigenvalue weighted by atomic mass is 79.9. The fraction of sp³-hybridized carbons (Fsp3) is 0. The SMILES string of the molecule is Oc1ccc2cc(Br)c3ccc4ccccc4c3c2c1. The van der Waals surface area contributed by atoms with Crippen LogP contribution in [-0.4, -0.2) is 5.11 Å². The number of hydrogen-bond donors (Lipinski definition) is 1. The molecule has 0 radical (unpaired) electrons. The molecule has 20 heavy (non-hydrogen) atoms. The summed E-state index contributed by atoms with van der Waals surface area (Å²) in [6.45, 7) is 0. The van der Waals surface area contributed by atoms with Gasteiger partial charge in [-0.25, -0.2) is 0 Å². The number of aromatic hydroxyl groups is 1. The van der Waals surface area contributed by atoms with Crippen LogP contribution in [0.5, 0.6) is 5.75 Å². The molecule has 2 heteroatoms. The fourth-order valence-corrected chi connectivity index (χ4v) is 3.44. The van der Waals surface area contributed by atoms with Crippen LogP contribution in [-0.2, 0) is 0 Å². The van der Waals surface area contributed by atoms with Gasteiger partial charge >= 0.3 is 0 Å². The van der Waals surface area contributed by atoms with Crippen LogP contribution >= 0.6 is 15.9 Å². The van der Waals surface area contributed by atoms with Crippen LogP contribution < -0.4 is 0 Å². The minimum atomic E-state index is 0.300. The first-order valence-electron chi connectivity index (χ1n) is 6.47. The quantitative estimate of drug-likeness (QED) is 0.417. The fourth-order valence-electron chi connectivity index (χ4n) is 2.86. The Labute approximate surface area is 124 Å². The van der Waals surface area contributed by atoms with E-state index in [1.54, 1.807) is 6.07 Å². The number of hydrogen-bond acceptors (Lipinski definition) is 1. The lowest BCUT2D eigenvalue weighted by Gasteiger charge is -2.10. The Balaban J connectivity index is 2.39. The van der Waals surface area contributed by atoms with Crippen LogP contribution in [0.2, 0.25) is 0 Å². The molecule has 4 aromatic rings. The van der Waals surface area contributed by atoms with Gasteiger partial charge in [0.05, 0.1) is 0 Å². The van der Waals surface area contributed by atoms with Gasteiger partial charge < -0.3 is 5.11 Å². The largest absolute Gasteiger partial charge is 0.508 e. The van der Waals surface area contributed by atoms with Gasteiger partial charge in [0.1, 0.15) is 5.75 Å². The highest BCUT2D eigenvalue weighted by Crippen LogP contribution is 2.37. The molecule has 0 aromatic heterocycles. The van der Waals surface area contributed by atoms with Crippen molar-refractivity contribution >= 4 is 48.2 Å². The van der Waals surface area contributed by atoms with Gasteiger partial charge in [-0.15, -0.1) is 0 Å². The van der Waals surface area contributed by atoms with Crippen molar-refractivity contribution in [3.8, 4) is 5.75 Å². The van der Waals surface area contributed by atoms with Gasteiger partial charge in [-0.05, 0) is 50.5 Å². The number of fused-ring (bicyclic) bond motifs is 5. The average molecular weight is 323 g/mol. The second-order valence-corrected chi connectivity index (χ2v) is 5.83. The lowest BCUT2D eigenvalue weighted by Crippen LogP contribution is -1.82. The van der Waals surface area contributed by atoms with Crippen LogP contribution in [0.4, 0.5) is 0 Å². The van der Waals surface area contributed by atoms with Gasteiger partial charge in [-0.1, -0.05) is 58.4 Å². The van der Waals surface area contributed by atoms with Crippen molar-refractivity contribution in [1.82, 2.24) is 0 Å². The molecule has 0 bridgehead atoms.